The fourth-order valence-electron chi connectivity index (χ4n) is 3.77. The minimum Gasteiger partial charge on any atom is -0.493 e. The number of aryl methyl sites for hydroxylation is 1. The Morgan fingerprint density at radius 2 is 1.91 bits per heavy atom. The molecule has 1 saturated heterocycles. The second kappa shape index (κ2) is 10.9. The van der Waals surface area contributed by atoms with Crippen molar-refractivity contribution in [3.05, 3.63) is 35.5 Å². The molecular formula is C23H31N5O5. The van der Waals surface area contributed by atoms with Crippen LogP contribution in [0.4, 0.5) is 5.82 Å². The van der Waals surface area contributed by atoms with E-state index in [0.29, 0.717) is 40.7 Å². The maximum absolute atomic E-state index is 12.7. The Morgan fingerprint density at radius 1 is 1.21 bits per heavy atom. The molecule has 3 N–H and O–H groups in total. The number of hydrogen-bond donors (Lipinski definition) is 3. The van der Waals surface area contributed by atoms with Gasteiger partial charge in [0.2, 0.25) is 17.6 Å². The quantitative estimate of drug-likeness (QED) is 0.496. The molecule has 1 aliphatic heterocycles. The molecule has 1 aromatic carbocycles. The van der Waals surface area contributed by atoms with Crippen molar-refractivity contribution in [3.63, 3.8) is 0 Å². The fraction of sp³-hybridized carbons (Fsp3) is 0.435. The summed E-state index contributed by atoms with van der Waals surface area (Å²) in [5, 5.41) is 13.6. The first kappa shape index (κ1) is 24.1. The van der Waals surface area contributed by atoms with Crippen molar-refractivity contribution < 1.29 is 23.8 Å². The van der Waals surface area contributed by atoms with Gasteiger partial charge in [-0.1, -0.05) is 13.3 Å². The molecule has 1 fully saturated rings. The SMILES string of the molecule is CCCC1CC(=O)NC(n2nc(C)cc2NC(=O)/C=C/c2cc(OC)c(OC)c(OC)c2)N1. The summed E-state index contributed by atoms with van der Waals surface area (Å²) in [6, 6.07) is 5.30. The number of nitrogens with one attached hydrogen (secondary N) is 3. The first-order valence-electron chi connectivity index (χ1n) is 10.8. The zero-order valence-electron chi connectivity index (χ0n) is 19.6. The van der Waals surface area contributed by atoms with Crippen LogP contribution >= 0.6 is 0 Å². The summed E-state index contributed by atoms with van der Waals surface area (Å²) >= 11 is 0. The van der Waals surface area contributed by atoms with Crippen molar-refractivity contribution in [2.75, 3.05) is 26.6 Å². The van der Waals surface area contributed by atoms with Crippen LogP contribution in [0.2, 0.25) is 0 Å². The highest BCUT2D eigenvalue weighted by atomic mass is 16.5. The lowest BCUT2D eigenvalue weighted by Gasteiger charge is -2.32. The number of carbonyl (C=O) groups excluding carboxylic acids is 2. The molecule has 1 aromatic heterocycles. The molecule has 178 valence electrons. The number of carbonyl (C=O) groups is 2. The van der Waals surface area contributed by atoms with E-state index in [1.165, 1.54) is 27.4 Å². The van der Waals surface area contributed by atoms with E-state index in [9.17, 15) is 9.59 Å². The van der Waals surface area contributed by atoms with E-state index >= 15 is 0 Å². The topological polar surface area (TPSA) is 116 Å². The van der Waals surface area contributed by atoms with E-state index in [2.05, 4.69) is 28.0 Å². The van der Waals surface area contributed by atoms with Gasteiger partial charge in [-0.25, -0.2) is 4.68 Å². The molecule has 0 aliphatic carbocycles. The van der Waals surface area contributed by atoms with Crippen LogP contribution in [0.25, 0.3) is 6.08 Å². The van der Waals surface area contributed by atoms with E-state index < -0.39 is 6.29 Å². The van der Waals surface area contributed by atoms with Gasteiger partial charge in [-0.05, 0) is 37.1 Å². The molecule has 0 saturated carbocycles. The van der Waals surface area contributed by atoms with Gasteiger partial charge < -0.3 is 24.8 Å². The Kier molecular flexibility index (Phi) is 7.94. The highest BCUT2D eigenvalue weighted by Gasteiger charge is 2.28. The van der Waals surface area contributed by atoms with Crippen molar-refractivity contribution in [1.82, 2.24) is 20.4 Å². The second-order valence-electron chi connectivity index (χ2n) is 7.72. The van der Waals surface area contributed by atoms with Crippen molar-refractivity contribution in [2.45, 2.75) is 45.4 Å². The maximum atomic E-state index is 12.7. The van der Waals surface area contributed by atoms with Gasteiger partial charge in [-0.3, -0.25) is 14.9 Å². The summed E-state index contributed by atoms with van der Waals surface area (Å²) in [6.45, 7) is 3.90. The van der Waals surface area contributed by atoms with E-state index in [0.717, 1.165) is 12.8 Å². The molecule has 0 bridgehead atoms. The minimum absolute atomic E-state index is 0.0510. The average Bonchev–Trinajstić information content (AvgIpc) is 3.16. The lowest BCUT2D eigenvalue weighted by Crippen LogP contribution is -2.53. The fourth-order valence-corrected chi connectivity index (χ4v) is 3.77. The number of methoxy groups -OCH3 is 3. The molecule has 1 aliphatic rings. The van der Waals surface area contributed by atoms with Crippen LogP contribution in [0.3, 0.4) is 0 Å². The Labute approximate surface area is 193 Å². The third kappa shape index (κ3) is 5.83. The van der Waals surface area contributed by atoms with Gasteiger partial charge in [0.05, 0.1) is 27.0 Å². The number of ether oxygens (including phenoxy) is 3. The van der Waals surface area contributed by atoms with Gasteiger partial charge in [-0.2, -0.15) is 5.10 Å². The third-order valence-corrected chi connectivity index (χ3v) is 5.23. The summed E-state index contributed by atoms with van der Waals surface area (Å²) < 4.78 is 17.6. The van der Waals surface area contributed by atoms with Crippen LogP contribution < -0.4 is 30.2 Å². The number of nitrogens with zero attached hydrogens (tertiary/aromatic N) is 2. The Bertz CT molecular complexity index is 1010. The molecule has 33 heavy (non-hydrogen) atoms. The van der Waals surface area contributed by atoms with Gasteiger partial charge in [0.25, 0.3) is 0 Å². The molecule has 2 atom stereocenters. The summed E-state index contributed by atoms with van der Waals surface area (Å²) in [6.07, 6.45) is 4.77. The molecule has 2 heterocycles. The number of amides is 2. The standard InChI is InChI=1S/C23H31N5O5/c1-6-7-16-13-21(30)26-23(24-16)28-19(10-14(2)27-28)25-20(29)9-8-15-11-17(31-3)22(33-5)18(12-15)32-4/h8-12,16,23-24H,6-7,13H2,1-5H3,(H,25,29)(H,26,30)/b9-8+. The van der Waals surface area contributed by atoms with Gasteiger partial charge >= 0.3 is 0 Å². The highest BCUT2D eigenvalue weighted by molar-refractivity contribution is 6.01. The number of anilines is 1. The molecule has 0 radical (unpaired) electrons. The number of hydrogen-bond acceptors (Lipinski definition) is 7. The van der Waals surface area contributed by atoms with Gasteiger partial charge in [0, 0.05) is 24.6 Å². The number of aromatic nitrogens is 2. The van der Waals surface area contributed by atoms with Gasteiger partial charge in [0.1, 0.15) is 5.82 Å². The third-order valence-electron chi connectivity index (χ3n) is 5.23. The van der Waals surface area contributed by atoms with Crippen molar-refractivity contribution >= 4 is 23.7 Å². The number of benzene rings is 1. The summed E-state index contributed by atoms with van der Waals surface area (Å²) in [5.74, 6) is 1.53. The molecule has 2 unspecified atom stereocenters. The molecule has 3 rings (SSSR count). The van der Waals surface area contributed by atoms with Crippen LogP contribution in [0.5, 0.6) is 17.2 Å². The predicted molar refractivity (Wildman–Crippen MR) is 124 cm³/mol. The van der Waals surface area contributed by atoms with Gasteiger partial charge in [0.15, 0.2) is 17.8 Å². The zero-order valence-corrected chi connectivity index (χ0v) is 19.6. The number of rotatable bonds is 9. The molecule has 10 nitrogen and oxygen atoms in total. The Balaban J connectivity index is 1.77. The zero-order chi connectivity index (χ0) is 24.0. The Morgan fingerprint density at radius 3 is 2.52 bits per heavy atom. The van der Waals surface area contributed by atoms with E-state index in [1.54, 1.807) is 29.0 Å². The largest absolute Gasteiger partial charge is 0.493 e. The summed E-state index contributed by atoms with van der Waals surface area (Å²) in [4.78, 5) is 24.8. The van der Waals surface area contributed by atoms with Crippen LogP contribution in [0.15, 0.2) is 24.3 Å². The molecule has 2 aromatic rings. The molecule has 10 heteroatoms. The van der Waals surface area contributed by atoms with Crippen LogP contribution in [0.1, 0.15) is 43.7 Å². The van der Waals surface area contributed by atoms with E-state index in [-0.39, 0.29) is 17.9 Å². The van der Waals surface area contributed by atoms with Gasteiger partial charge in [-0.15, -0.1) is 0 Å². The van der Waals surface area contributed by atoms with Crippen molar-refractivity contribution in [1.29, 1.82) is 0 Å². The van der Waals surface area contributed by atoms with E-state index in [1.807, 2.05) is 6.92 Å². The van der Waals surface area contributed by atoms with E-state index in [4.69, 9.17) is 14.2 Å². The minimum atomic E-state index is -0.536. The normalized spacial score (nSPS) is 18.2. The Hall–Kier alpha value is -3.53. The first-order chi connectivity index (χ1) is 15.9. The van der Waals surface area contributed by atoms with Crippen molar-refractivity contribution in [3.8, 4) is 17.2 Å². The first-order valence-corrected chi connectivity index (χ1v) is 10.8. The smallest absolute Gasteiger partial charge is 0.249 e. The highest BCUT2D eigenvalue weighted by Crippen LogP contribution is 2.38. The van der Waals surface area contributed by atoms with Crippen molar-refractivity contribution in [2.24, 2.45) is 0 Å². The maximum Gasteiger partial charge on any atom is 0.249 e. The molecule has 2 amide bonds. The average molecular weight is 458 g/mol. The summed E-state index contributed by atoms with van der Waals surface area (Å²) in [5.41, 5.74) is 1.42. The predicted octanol–water partition coefficient (Wildman–Crippen LogP) is 2.60. The molecular weight excluding hydrogens is 426 g/mol. The monoisotopic (exact) mass is 457 g/mol. The summed E-state index contributed by atoms with van der Waals surface area (Å²) in [7, 11) is 4.59. The molecule has 0 spiro atoms. The lowest BCUT2D eigenvalue weighted by molar-refractivity contribution is -0.125. The van der Waals surface area contributed by atoms with Crippen LogP contribution in [0, 0.1) is 6.92 Å². The van der Waals surface area contributed by atoms with Crippen LogP contribution in [-0.4, -0.2) is 49.0 Å². The van der Waals surface area contributed by atoms with Crippen LogP contribution in [-0.2, 0) is 9.59 Å². The second-order valence-corrected chi connectivity index (χ2v) is 7.72. The lowest BCUT2D eigenvalue weighted by atomic mass is 10.1.